The zero-order valence-corrected chi connectivity index (χ0v) is 12.4. The van der Waals surface area contributed by atoms with Crippen LogP contribution in [-0.4, -0.2) is 35.4 Å². The summed E-state index contributed by atoms with van der Waals surface area (Å²) < 4.78 is 5.22. The van der Waals surface area contributed by atoms with Gasteiger partial charge >= 0.3 is 0 Å². The number of nitrogens with one attached hydrogen (secondary N) is 1. The second kappa shape index (κ2) is 6.98. The summed E-state index contributed by atoms with van der Waals surface area (Å²) in [6, 6.07) is 9.82. The monoisotopic (exact) mass is 292 g/mol. The smallest absolute Gasteiger partial charge is 0.174 e. The molecule has 5 heteroatoms. The van der Waals surface area contributed by atoms with E-state index >= 15 is 0 Å². The highest BCUT2D eigenvalue weighted by Gasteiger charge is 2.31. The molecule has 0 bridgehead atoms. The van der Waals surface area contributed by atoms with Gasteiger partial charge in [-0.05, 0) is 36.8 Å². The molecular formula is C15H20N2O2S. The fourth-order valence-corrected chi connectivity index (χ4v) is 3.46. The molecule has 1 saturated heterocycles. The summed E-state index contributed by atoms with van der Waals surface area (Å²) in [5.74, 6) is 2.55. The van der Waals surface area contributed by atoms with Crippen molar-refractivity contribution in [3.8, 4) is 11.8 Å². The van der Waals surface area contributed by atoms with Crippen LogP contribution in [0.3, 0.4) is 0 Å². The predicted octanol–water partition coefficient (Wildman–Crippen LogP) is 2.11. The van der Waals surface area contributed by atoms with Crippen molar-refractivity contribution in [2.75, 3.05) is 24.7 Å². The van der Waals surface area contributed by atoms with E-state index in [1.165, 1.54) is 0 Å². The van der Waals surface area contributed by atoms with Crippen molar-refractivity contribution in [3.63, 3.8) is 0 Å². The quantitative estimate of drug-likeness (QED) is 0.840. The van der Waals surface area contributed by atoms with Crippen LogP contribution in [0.1, 0.15) is 24.9 Å². The molecule has 20 heavy (non-hydrogen) atoms. The Morgan fingerprint density at radius 1 is 1.50 bits per heavy atom. The Morgan fingerprint density at radius 3 is 2.85 bits per heavy atom. The maximum atomic E-state index is 10.3. The molecule has 1 aromatic carbocycles. The molecule has 1 aliphatic heterocycles. The average Bonchev–Trinajstić information content (AvgIpc) is 2.90. The van der Waals surface area contributed by atoms with E-state index in [0.717, 1.165) is 23.5 Å². The lowest BCUT2D eigenvalue weighted by atomic mass is 10.0. The number of nitrogens with zero attached hydrogens (tertiary/aromatic N) is 1. The lowest BCUT2D eigenvalue weighted by molar-refractivity contribution is 0.0651. The Hall–Kier alpha value is -1.22. The highest BCUT2D eigenvalue weighted by molar-refractivity contribution is 7.99. The number of rotatable bonds is 6. The standard InChI is InChI=1S/C15H20N2O2S/c1-12(17-10-15(18)6-9-20-11-15)13-2-4-14(5-3-13)19-8-7-16/h2-5,12,17-18H,6,8-11H2,1H3. The minimum atomic E-state index is -0.561. The van der Waals surface area contributed by atoms with E-state index in [9.17, 15) is 5.11 Å². The van der Waals surface area contributed by atoms with Crippen molar-refractivity contribution in [2.45, 2.75) is 25.0 Å². The normalized spacial score (nSPS) is 23.2. The molecule has 0 saturated carbocycles. The Labute approximate surface area is 124 Å². The van der Waals surface area contributed by atoms with E-state index < -0.39 is 5.60 Å². The Bertz CT molecular complexity index is 464. The van der Waals surface area contributed by atoms with Crippen LogP contribution < -0.4 is 10.1 Å². The van der Waals surface area contributed by atoms with E-state index in [1.54, 1.807) is 11.8 Å². The van der Waals surface area contributed by atoms with Gasteiger partial charge in [-0.2, -0.15) is 17.0 Å². The van der Waals surface area contributed by atoms with Crippen molar-refractivity contribution >= 4 is 11.8 Å². The molecule has 1 aromatic rings. The van der Waals surface area contributed by atoms with Gasteiger partial charge in [0.1, 0.15) is 11.8 Å². The molecule has 1 heterocycles. The van der Waals surface area contributed by atoms with Crippen LogP contribution in [0, 0.1) is 11.3 Å². The number of aliphatic hydroxyl groups is 1. The van der Waals surface area contributed by atoms with Gasteiger partial charge < -0.3 is 15.2 Å². The maximum absolute atomic E-state index is 10.3. The molecule has 0 radical (unpaired) electrons. The van der Waals surface area contributed by atoms with Crippen LogP contribution in [0.5, 0.6) is 5.75 Å². The first kappa shape index (κ1) is 15.2. The number of hydrogen-bond donors (Lipinski definition) is 2. The molecule has 1 fully saturated rings. The van der Waals surface area contributed by atoms with E-state index in [0.29, 0.717) is 12.3 Å². The molecule has 0 amide bonds. The first-order valence-corrected chi connectivity index (χ1v) is 7.92. The molecule has 0 aliphatic carbocycles. The van der Waals surface area contributed by atoms with E-state index in [4.69, 9.17) is 10.00 Å². The third kappa shape index (κ3) is 4.14. The molecule has 2 N–H and O–H groups in total. The van der Waals surface area contributed by atoms with Gasteiger partial charge in [0.2, 0.25) is 0 Å². The highest BCUT2D eigenvalue weighted by Crippen LogP contribution is 2.28. The SMILES string of the molecule is CC(NCC1(O)CCSC1)c1ccc(OCC#N)cc1. The van der Waals surface area contributed by atoms with E-state index in [2.05, 4.69) is 12.2 Å². The molecule has 108 valence electrons. The summed E-state index contributed by atoms with van der Waals surface area (Å²) in [6.07, 6.45) is 0.859. The molecular weight excluding hydrogens is 272 g/mol. The van der Waals surface area contributed by atoms with Gasteiger partial charge in [-0.25, -0.2) is 0 Å². The molecule has 1 aliphatic rings. The van der Waals surface area contributed by atoms with Crippen molar-refractivity contribution in [3.05, 3.63) is 29.8 Å². The van der Waals surface area contributed by atoms with Crippen LogP contribution >= 0.6 is 11.8 Å². The first-order chi connectivity index (χ1) is 9.63. The average molecular weight is 292 g/mol. The first-order valence-electron chi connectivity index (χ1n) is 6.76. The van der Waals surface area contributed by atoms with Crippen LogP contribution in [0.15, 0.2) is 24.3 Å². The maximum Gasteiger partial charge on any atom is 0.174 e. The highest BCUT2D eigenvalue weighted by atomic mass is 32.2. The zero-order valence-electron chi connectivity index (χ0n) is 11.6. The fraction of sp³-hybridized carbons (Fsp3) is 0.533. The number of ether oxygens (including phenoxy) is 1. The second-order valence-corrected chi connectivity index (χ2v) is 6.25. The summed E-state index contributed by atoms with van der Waals surface area (Å²) >= 11 is 1.81. The summed E-state index contributed by atoms with van der Waals surface area (Å²) in [7, 11) is 0. The summed E-state index contributed by atoms with van der Waals surface area (Å²) in [5.41, 5.74) is 0.581. The summed E-state index contributed by atoms with van der Waals surface area (Å²) in [6.45, 7) is 2.77. The van der Waals surface area contributed by atoms with Gasteiger partial charge in [0, 0.05) is 18.3 Å². The number of thioether (sulfide) groups is 1. The van der Waals surface area contributed by atoms with Gasteiger partial charge in [-0.1, -0.05) is 12.1 Å². The summed E-state index contributed by atoms with van der Waals surface area (Å²) in [5, 5.41) is 22.1. The van der Waals surface area contributed by atoms with Crippen molar-refractivity contribution in [1.29, 1.82) is 5.26 Å². The molecule has 2 unspecified atom stereocenters. The third-order valence-corrected chi connectivity index (χ3v) is 4.74. The predicted molar refractivity (Wildman–Crippen MR) is 80.9 cm³/mol. The Morgan fingerprint density at radius 2 is 2.25 bits per heavy atom. The Balaban J connectivity index is 1.85. The second-order valence-electron chi connectivity index (χ2n) is 5.15. The van der Waals surface area contributed by atoms with Crippen LogP contribution in [0.2, 0.25) is 0 Å². The van der Waals surface area contributed by atoms with Crippen molar-refractivity contribution in [1.82, 2.24) is 5.32 Å². The summed E-state index contributed by atoms with van der Waals surface area (Å²) in [4.78, 5) is 0. The van der Waals surface area contributed by atoms with Crippen molar-refractivity contribution in [2.24, 2.45) is 0 Å². The number of hydrogen-bond acceptors (Lipinski definition) is 5. The molecule has 0 spiro atoms. The molecule has 2 rings (SSSR count). The van der Waals surface area contributed by atoms with Gasteiger partial charge in [0.25, 0.3) is 0 Å². The third-order valence-electron chi connectivity index (χ3n) is 3.50. The lowest BCUT2D eigenvalue weighted by Gasteiger charge is -2.24. The number of nitriles is 1. The van der Waals surface area contributed by atoms with E-state index in [1.807, 2.05) is 30.3 Å². The topological polar surface area (TPSA) is 65.3 Å². The molecule has 2 atom stereocenters. The van der Waals surface area contributed by atoms with Crippen molar-refractivity contribution < 1.29 is 9.84 Å². The van der Waals surface area contributed by atoms with Crippen LogP contribution in [0.25, 0.3) is 0 Å². The minimum Gasteiger partial charge on any atom is -0.479 e. The lowest BCUT2D eigenvalue weighted by Crippen LogP contribution is -2.41. The molecule has 0 aromatic heterocycles. The zero-order chi connectivity index (χ0) is 14.4. The van der Waals surface area contributed by atoms with Gasteiger partial charge in [0.15, 0.2) is 6.61 Å². The van der Waals surface area contributed by atoms with Crippen LogP contribution in [0.4, 0.5) is 0 Å². The van der Waals surface area contributed by atoms with Gasteiger partial charge in [-0.15, -0.1) is 0 Å². The van der Waals surface area contributed by atoms with Gasteiger partial charge in [-0.3, -0.25) is 0 Å². The van der Waals surface area contributed by atoms with Crippen LogP contribution in [-0.2, 0) is 0 Å². The molecule has 4 nitrogen and oxygen atoms in total. The number of benzene rings is 1. The minimum absolute atomic E-state index is 0.0673. The van der Waals surface area contributed by atoms with E-state index in [-0.39, 0.29) is 12.6 Å². The Kier molecular flexibility index (Phi) is 5.30. The van der Waals surface area contributed by atoms with Gasteiger partial charge in [0.05, 0.1) is 5.60 Å². The fourth-order valence-electron chi connectivity index (χ4n) is 2.17. The largest absolute Gasteiger partial charge is 0.479 e.